The minimum absolute atomic E-state index is 0.0396. The van der Waals surface area contributed by atoms with Crippen LogP contribution in [-0.2, 0) is 11.2 Å². The predicted octanol–water partition coefficient (Wildman–Crippen LogP) is 1.31. The van der Waals surface area contributed by atoms with Gasteiger partial charge in [0.25, 0.3) is 0 Å². The van der Waals surface area contributed by atoms with Gasteiger partial charge in [-0.3, -0.25) is 4.79 Å². The van der Waals surface area contributed by atoms with Crippen molar-refractivity contribution in [1.82, 2.24) is 15.5 Å². The number of para-hydroxylation sites is 1. The van der Waals surface area contributed by atoms with Crippen LogP contribution < -0.4 is 10.2 Å². The summed E-state index contributed by atoms with van der Waals surface area (Å²) in [6.45, 7) is 0.693. The number of nitrogens with zero attached hydrogens (tertiary/aromatic N) is 3. The van der Waals surface area contributed by atoms with Crippen LogP contribution in [0.5, 0.6) is 0 Å². The van der Waals surface area contributed by atoms with Crippen molar-refractivity contribution in [3.63, 3.8) is 0 Å². The first-order valence-electron chi connectivity index (χ1n) is 6.60. The van der Waals surface area contributed by atoms with Crippen molar-refractivity contribution in [2.75, 3.05) is 18.5 Å². The lowest BCUT2D eigenvalue weighted by atomic mass is 9.96. The van der Waals surface area contributed by atoms with Gasteiger partial charge in [-0.1, -0.05) is 23.4 Å². The van der Waals surface area contributed by atoms with E-state index in [1.165, 1.54) is 6.33 Å². The summed E-state index contributed by atoms with van der Waals surface area (Å²) >= 11 is 0. The Balaban J connectivity index is 1.70. The molecule has 1 amide bonds. The van der Waals surface area contributed by atoms with Crippen molar-refractivity contribution in [2.24, 2.45) is 0 Å². The summed E-state index contributed by atoms with van der Waals surface area (Å²) < 4.78 is 4.95. The van der Waals surface area contributed by atoms with Crippen LogP contribution in [0.15, 0.2) is 35.1 Å². The molecule has 104 valence electrons. The van der Waals surface area contributed by atoms with Gasteiger partial charge in [0.1, 0.15) is 0 Å². The largest absolute Gasteiger partial charge is 0.340 e. The second-order valence-corrected chi connectivity index (χ2v) is 4.81. The molecule has 6 nitrogen and oxygen atoms in total. The molecule has 20 heavy (non-hydrogen) atoms. The molecule has 1 atom stereocenters. The molecule has 2 aromatic rings. The summed E-state index contributed by atoms with van der Waals surface area (Å²) in [6.07, 6.45) is 2.52. The molecule has 1 aliphatic heterocycles. The summed E-state index contributed by atoms with van der Waals surface area (Å²) in [5.41, 5.74) is 2.12. The Kier molecular flexibility index (Phi) is 3.47. The Morgan fingerprint density at radius 1 is 1.45 bits per heavy atom. The number of amides is 1. The van der Waals surface area contributed by atoms with Gasteiger partial charge < -0.3 is 14.7 Å². The second kappa shape index (κ2) is 5.42. The molecule has 1 aromatic carbocycles. The average Bonchev–Trinajstić information content (AvgIpc) is 2.97. The molecule has 1 unspecified atom stereocenters. The molecule has 0 bridgehead atoms. The summed E-state index contributed by atoms with van der Waals surface area (Å²) in [5, 5.41) is 6.96. The number of nitrogens with one attached hydrogen (secondary N) is 1. The van der Waals surface area contributed by atoms with Crippen molar-refractivity contribution >= 4 is 11.6 Å². The van der Waals surface area contributed by atoms with Crippen molar-refractivity contribution in [2.45, 2.75) is 18.9 Å². The van der Waals surface area contributed by atoms with Crippen molar-refractivity contribution in [3.8, 4) is 0 Å². The van der Waals surface area contributed by atoms with E-state index in [9.17, 15) is 4.79 Å². The normalized spacial score (nSPS) is 18.1. The van der Waals surface area contributed by atoms with Gasteiger partial charge in [-0.2, -0.15) is 4.98 Å². The van der Waals surface area contributed by atoms with Gasteiger partial charge in [0.05, 0.1) is 0 Å². The molecule has 1 aromatic heterocycles. The van der Waals surface area contributed by atoms with Gasteiger partial charge in [0.15, 0.2) is 6.33 Å². The lowest BCUT2D eigenvalue weighted by molar-refractivity contribution is -0.119. The third-order valence-electron chi connectivity index (χ3n) is 3.56. The quantitative estimate of drug-likeness (QED) is 0.908. The number of carbonyl (C=O) groups is 1. The molecule has 1 N–H and O–H groups in total. The maximum atomic E-state index is 12.0. The maximum absolute atomic E-state index is 12.0. The monoisotopic (exact) mass is 272 g/mol. The van der Waals surface area contributed by atoms with E-state index in [1.54, 1.807) is 4.90 Å². The Bertz CT molecular complexity index is 597. The zero-order chi connectivity index (χ0) is 13.9. The van der Waals surface area contributed by atoms with Gasteiger partial charge in [-0.05, 0) is 11.6 Å². The van der Waals surface area contributed by atoms with Crippen molar-refractivity contribution < 1.29 is 9.32 Å². The van der Waals surface area contributed by atoms with E-state index in [0.717, 1.165) is 11.3 Å². The zero-order valence-electron chi connectivity index (χ0n) is 11.2. The summed E-state index contributed by atoms with van der Waals surface area (Å²) in [7, 11) is 1.82. The minimum Gasteiger partial charge on any atom is -0.340 e. The Morgan fingerprint density at radius 2 is 2.30 bits per heavy atom. The Hall–Kier alpha value is -2.21. The number of carbonyl (C=O) groups excluding carboxylic acids is 1. The Labute approximate surface area is 116 Å². The van der Waals surface area contributed by atoms with Gasteiger partial charge in [-0.15, -0.1) is 0 Å². The van der Waals surface area contributed by atoms with E-state index >= 15 is 0 Å². The number of hydrogen-bond donors (Lipinski definition) is 1. The van der Waals surface area contributed by atoms with Crippen LogP contribution in [-0.4, -0.2) is 29.6 Å². The highest BCUT2D eigenvalue weighted by molar-refractivity contribution is 5.96. The molecule has 0 saturated carbocycles. The highest BCUT2D eigenvalue weighted by atomic mass is 16.5. The molecule has 3 rings (SSSR count). The zero-order valence-corrected chi connectivity index (χ0v) is 11.2. The molecular weight excluding hydrogens is 256 g/mol. The third-order valence-corrected chi connectivity index (χ3v) is 3.56. The fourth-order valence-electron chi connectivity index (χ4n) is 2.49. The second-order valence-electron chi connectivity index (χ2n) is 4.81. The molecule has 0 spiro atoms. The first-order valence-corrected chi connectivity index (χ1v) is 6.60. The minimum atomic E-state index is 0.0396. The molecule has 6 heteroatoms. The van der Waals surface area contributed by atoms with E-state index in [1.807, 2.05) is 25.2 Å². The van der Waals surface area contributed by atoms with Crippen molar-refractivity contribution in [1.29, 1.82) is 0 Å². The third kappa shape index (κ3) is 2.42. The number of anilines is 1. The van der Waals surface area contributed by atoms with Gasteiger partial charge in [-0.25, -0.2) is 0 Å². The number of benzene rings is 1. The fourth-order valence-corrected chi connectivity index (χ4v) is 2.49. The van der Waals surface area contributed by atoms with E-state index < -0.39 is 0 Å². The Morgan fingerprint density at radius 3 is 3.10 bits per heavy atom. The van der Waals surface area contributed by atoms with Crippen LogP contribution >= 0.6 is 0 Å². The molecule has 0 radical (unpaired) electrons. The van der Waals surface area contributed by atoms with Crippen LogP contribution in [0.3, 0.4) is 0 Å². The first-order chi connectivity index (χ1) is 9.75. The van der Waals surface area contributed by atoms with Crippen LogP contribution in [0.4, 0.5) is 5.69 Å². The highest BCUT2D eigenvalue weighted by Crippen LogP contribution is 2.33. The lowest BCUT2D eigenvalue weighted by Crippen LogP contribution is -2.38. The smallest absolute Gasteiger partial charge is 0.228 e. The molecule has 0 aliphatic carbocycles. The summed E-state index contributed by atoms with van der Waals surface area (Å²) in [6, 6.07) is 8.01. The summed E-state index contributed by atoms with van der Waals surface area (Å²) in [4.78, 5) is 17.7. The first kappa shape index (κ1) is 12.8. The molecule has 0 fully saturated rings. The lowest BCUT2D eigenvalue weighted by Gasteiger charge is -2.32. The number of aromatic nitrogens is 2. The highest BCUT2D eigenvalue weighted by Gasteiger charge is 2.28. The SMILES string of the molecule is CN1C(=O)CC(NCCc2ncno2)c2ccccc21. The summed E-state index contributed by atoms with van der Waals surface area (Å²) in [5.74, 6) is 0.726. The topological polar surface area (TPSA) is 71.3 Å². The number of hydrogen-bond acceptors (Lipinski definition) is 5. The van der Waals surface area contributed by atoms with Gasteiger partial charge >= 0.3 is 0 Å². The van der Waals surface area contributed by atoms with Crippen LogP contribution in [0.2, 0.25) is 0 Å². The molecule has 1 aliphatic rings. The van der Waals surface area contributed by atoms with Crippen LogP contribution in [0.1, 0.15) is 23.9 Å². The van der Waals surface area contributed by atoms with E-state index in [0.29, 0.717) is 25.3 Å². The molecule has 0 saturated heterocycles. The van der Waals surface area contributed by atoms with Gasteiger partial charge in [0.2, 0.25) is 11.8 Å². The van der Waals surface area contributed by atoms with Crippen molar-refractivity contribution in [3.05, 3.63) is 42.0 Å². The maximum Gasteiger partial charge on any atom is 0.228 e. The number of rotatable bonds is 4. The standard InChI is InChI=1S/C14H16N4O2/c1-18-12-5-3-2-4-10(12)11(8-14(18)19)15-7-6-13-16-9-17-20-13/h2-5,9,11,15H,6-8H2,1H3. The molecular formula is C14H16N4O2. The van der Waals surface area contributed by atoms with E-state index in [-0.39, 0.29) is 11.9 Å². The van der Waals surface area contributed by atoms with Crippen LogP contribution in [0.25, 0.3) is 0 Å². The van der Waals surface area contributed by atoms with E-state index in [2.05, 4.69) is 21.5 Å². The molecule has 2 heterocycles. The average molecular weight is 272 g/mol. The van der Waals surface area contributed by atoms with Gasteiger partial charge in [0, 0.05) is 38.2 Å². The van der Waals surface area contributed by atoms with E-state index in [4.69, 9.17) is 4.52 Å². The predicted molar refractivity (Wildman–Crippen MR) is 73.2 cm³/mol. The fraction of sp³-hybridized carbons (Fsp3) is 0.357. The number of fused-ring (bicyclic) bond motifs is 1. The van der Waals surface area contributed by atoms with Crippen LogP contribution in [0, 0.1) is 0 Å².